The lowest BCUT2D eigenvalue weighted by atomic mass is 10.1. The number of piperazine rings is 1. The maximum Gasteiger partial charge on any atom is 0.296 e. The zero-order valence-corrected chi connectivity index (χ0v) is 15.0. The Kier molecular flexibility index (Phi) is 5.27. The predicted molar refractivity (Wildman–Crippen MR) is 99.2 cm³/mol. The first-order chi connectivity index (χ1) is 12.5. The van der Waals surface area contributed by atoms with E-state index in [-0.39, 0.29) is 11.6 Å². The second-order valence-corrected chi connectivity index (χ2v) is 6.33. The first kappa shape index (κ1) is 18.0. The van der Waals surface area contributed by atoms with Crippen LogP contribution in [0.15, 0.2) is 42.5 Å². The molecule has 7 nitrogen and oxygen atoms in total. The number of nitro benzene ring substituents is 1. The summed E-state index contributed by atoms with van der Waals surface area (Å²) in [6.07, 6.45) is 0. The number of amides is 1. The van der Waals surface area contributed by atoms with Crippen molar-refractivity contribution in [1.82, 2.24) is 4.90 Å². The van der Waals surface area contributed by atoms with Crippen LogP contribution in [0.2, 0.25) is 5.02 Å². The maximum atomic E-state index is 12.6. The molecule has 1 heterocycles. The number of carbonyl (C=O) groups excluding carboxylic acids is 1. The normalized spacial score (nSPS) is 14.2. The Morgan fingerprint density at radius 2 is 1.77 bits per heavy atom. The van der Waals surface area contributed by atoms with Gasteiger partial charge in [-0.15, -0.1) is 0 Å². The van der Waals surface area contributed by atoms with Crippen LogP contribution in [-0.2, 0) is 0 Å². The fraction of sp³-hybridized carbons (Fsp3) is 0.278. The van der Waals surface area contributed by atoms with Crippen molar-refractivity contribution in [2.75, 3.05) is 38.2 Å². The highest BCUT2D eigenvalue weighted by atomic mass is 35.5. The molecule has 0 N–H and O–H groups in total. The Balaban J connectivity index is 1.71. The maximum absolute atomic E-state index is 12.6. The van der Waals surface area contributed by atoms with Gasteiger partial charge in [-0.25, -0.2) is 0 Å². The van der Waals surface area contributed by atoms with Gasteiger partial charge in [-0.2, -0.15) is 0 Å². The van der Waals surface area contributed by atoms with Crippen molar-refractivity contribution >= 4 is 28.9 Å². The van der Waals surface area contributed by atoms with Crippen LogP contribution in [0.3, 0.4) is 0 Å². The largest absolute Gasteiger partial charge is 0.496 e. The van der Waals surface area contributed by atoms with Crippen LogP contribution in [-0.4, -0.2) is 49.0 Å². The van der Waals surface area contributed by atoms with Crippen molar-refractivity contribution in [3.63, 3.8) is 0 Å². The smallest absolute Gasteiger partial charge is 0.296 e. The monoisotopic (exact) mass is 375 g/mol. The molecule has 0 spiro atoms. The third-order valence-electron chi connectivity index (χ3n) is 4.38. The minimum Gasteiger partial charge on any atom is -0.496 e. The molecule has 26 heavy (non-hydrogen) atoms. The molecule has 1 aliphatic heterocycles. The van der Waals surface area contributed by atoms with Gasteiger partial charge in [0.1, 0.15) is 11.4 Å². The number of methoxy groups -OCH3 is 1. The van der Waals surface area contributed by atoms with Gasteiger partial charge in [0.05, 0.1) is 18.1 Å². The van der Waals surface area contributed by atoms with Crippen LogP contribution in [0.1, 0.15) is 10.4 Å². The standard InChI is InChI=1S/C18H18ClN3O4/c1-26-15-6-7-16(17(12-15)22(24)25)20-8-10-21(11-9-20)18(23)13-2-4-14(19)5-3-13/h2-7,12H,8-11H2,1H3. The number of hydrogen-bond donors (Lipinski definition) is 0. The molecule has 0 aromatic heterocycles. The van der Waals surface area contributed by atoms with Gasteiger partial charge in [0, 0.05) is 36.8 Å². The van der Waals surface area contributed by atoms with E-state index in [0.29, 0.717) is 48.2 Å². The predicted octanol–water partition coefficient (Wildman–Crippen LogP) is 3.22. The summed E-state index contributed by atoms with van der Waals surface area (Å²) in [4.78, 5) is 27.2. The molecule has 136 valence electrons. The number of nitro groups is 1. The van der Waals surface area contributed by atoms with Gasteiger partial charge >= 0.3 is 0 Å². The number of halogens is 1. The Bertz CT molecular complexity index is 818. The van der Waals surface area contributed by atoms with Gasteiger partial charge in [0.2, 0.25) is 0 Å². The number of carbonyl (C=O) groups is 1. The summed E-state index contributed by atoms with van der Waals surface area (Å²) < 4.78 is 5.07. The quantitative estimate of drug-likeness (QED) is 0.605. The molecule has 3 rings (SSSR count). The molecule has 0 atom stereocenters. The van der Waals surface area contributed by atoms with E-state index in [4.69, 9.17) is 16.3 Å². The highest BCUT2D eigenvalue weighted by Crippen LogP contribution is 2.32. The van der Waals surface area contributed by atoms with Gasteiger partial charge in [0.25, 0.3) is 11.6 Å². The molecule has 0 saturated carbocycles. The first-order valence-corrected chi connectivity index (χ1v) is 8.49. The highest BCUT2D eigenvalue weighted by Gasteiger charge is 2.26. The zero-order chi connectivity index (χ0) is 18.7. The first-order valence-electron chi connectivity index (χ1n) is 8.12. The number of ether oxygens (including phenoxy) is 1. The summed E-state index contributed by atoms with van der Waals surface area (Å²) in [5, 5.41) is 11.9. The number of rotatable bonds is 4. The molecular formula is C18H18ClN3O4. The second kappa shape index (κ2) is 7.61. The lowest BCUT2D eigenvalue weighted by Gasteiger charge is -2.35. The van der Waals surface area contributed by atoms with Crippen molar-refractivity contribution < 1.29 is 14.5 Å². The van der Waals surface area contributed by atoms with Crippen molar-refractivity contribution in [3.05, 3.63) is 63.2 Å². The van der Waals surface area contributed by atoms with E-state index in [0.717, 1.165) is 0 Å². The van der Waals surface area contributed by atoms with E-state index < -0.39 is 4.92 Å². The van der Waals surface area contributed by atoms with E-state index in [9.17, 15) is 14.9 Å². The molecule has 1 amide bonds. The van der Waals surface area contributed by atoms with Crippen molar-refractivity contribution in [3.8, 4) is 5.75 Å². The van der Waals surface area contributed by atoms with Gasteiger partial charge in [-0.1, -0.05) is 11.6 Å². The Morgan fingerprint density at radius 1 is 1.12 bits per heavy atom. The summed E-state index contributed by atoms with van der Waals surface area (Å²) in [5.41, 5.74) is 1.12. The summed E-state index contributed by atoms with van der Waals surface area (Å²) in [6, 6.07) is 11.6. The molecule has 0 unspecified atom stereocenters. The summed E-state index contributed by atoms with van der Waals surface area (Å²) in [5.74, 6) is 0.377. The van der Waals surface area contributed by atoms with Crippen LogP contribution in [0, 0.1) is 10.1 Å². The van der Waals surface area contributed by atoms with Crippen LogP contribution >= 0.6 is 11.6 Å². The molecule has 0 aliphatic carbocycles. The van der Waals surface area contributed by atoms with Crippen molar-refractivity contribution in [1.29, 1.82) is 0 Å². The van der Waals surface area contributed by atoms with Gasteiger partial charge in [-0.05, 0) is 36.4 Å². The SMILES string of the molecule is COc1ccc(N2CCN(C(=O)c3ccc(Cl)cc3)CC2)c([N+](=O)[O-])c1. The lowest BCUT2D eigenvalue weighted by Crippen LogP contribution is -2.48. The fourth-order valence-electron chi connectivity index (χ4n) is 2.97. The lowest BCUT2D eigenvalue weighted by molar-refractivity contribution is -0.384. The topological polar surface area (TPSA) is 75.9 Å². The van der Waals surface area contributed by atoms with E-state index in [1.54, 1.807) is 41.3 Å². The third-order valence-corrected chi connectivity index (χ3v) is 4.63. The average Bonchev–Trinajstić information content (AvgIpc) is 2.67. The van der Waals surface area contributed by atoms with Gasteiger partial charge in [0.15, 0.2) is 0 Å². The number of nitrogens with zero attached hydrogens (tertiary/aromatic N) is 3. The zero-order valence-electron chi connectivity index (χ0n) is 14.2. The molecule has 2 aromatic rings. The molecule has 0 radical (unpaired) electrons. The van der Waals surface area contributed by atoms with Crippen LogP contribution < -0.4 is 9.64 Å². The Labute approximate surface area is 155 Å². The van der Waals surface area contributed by atoms with E-state index in [1.165, 1.54) is 13.2 Å². The molecule has 0 bridgehead atoms. The van der Waals surface area contributed by atoms with Crippen LogP contribution in [0.5, 0.6) is 5.75 Å². The molecular weight excluding hydrogens is 358 g/mol. The van der Waals surface area contributed by atoms with E-state index in [1.807, 2.05) is 4.90 Å². The molecule has 2 aromatic carbocycles. The summed E-state index contributed by atoms with van der Waals surface area (Å²) in [7, 11) is 1.47. The van der Waals surface area contributed by atoms with Gasteiger partial charge in [-0.3, -0.25) is 14.9 Å². The van der Waals surface area contributed by atoms with Crippen LogP contribution in [0.4, 0.5) is 11.4 Å². The summed E-state index contributed by atoms with van der Waals surface area (Å²) in [6.45, 7) is 2.02. The number of hydrogen-bond acceptors (Lipinski definition) is 5. The average molecular weight is 376 g/mol. The number of anilines is 1. The molecule has 1 fully saturated rings. The minimum absolute atomic E-state index is 0.00169. The molecule has 1 aliphatic rings. The Hall–Kier alpha value is -2.80. The fourth-order valence-corrected chi connectivity index (χ4v) is 3.10. The van der Waals surface area contributed by atoms with E-state index >= 15 is 0 Å². The third kappa shape index (κ3) is 3.72. The summed E-state index contributed by atoms with van der Waals surface area (Å²) >= 11 is 5.86. The second-order valence-electron chi connectivity index (χ2n) is 5.90. The molecule has 1 saturated heterocycles. The number of benzene rings is 2. The minimum atomic E-state index is -0.414. The van der Waals surface area contributed by atoms with Gasteiger partial charge < -0.3 is 14.5 Å². The van der Waals surface area contributed by atoms with Crippen molar-refractivity contribution in [2.45, 2.75) is 0 Å². The Morgan fingerprint density at radius 3 is 2.35 bits per heavy atom. The van der Waals surface area contributed by atoms with Crippen molar-refractivity contribution in [2.24, 2.45) is 0 Å². The van der Waals surface area contributed by atoms with Crippen LogP contribution in [0.25, 0.3) is 0 Å². The van der Waals surface area contributed by atoms with E-state index in [2.05, 4.69) is 0 Å². The highest BCUT2D eigenvalue weighted by molar-refractivity contribution is 6.30. The molecule has 8 heteroatoms.